The van der Waals surface area contributed by atoms with E-state index < -0.39 is 6.04 Å². The molecule has 0 radical (unpaired) electrons. The largest absolute Gasteiger partial charge is 0.339 e. The molecule has 0 bridgehead atoms. The number of carbonyl (C=O) groups is 1. The van der Waals surface area contributed by atoms with Crippen LogP contribution in [0.3, 0.4) is 0 Å². The molecule has 2 N–H and O–H groups in total. The molecular formula is C14H20Cl3N3O. The minimum absolute atomic E-state index is 0. The van der Waals surface area contributed by atoms with Crippen LogP contribution in [0.2, 0.25) is 10.0 Å². The van der Waals surface area contributed by atoms with Gasteiger partial charge in [0.15, 0.2) is 0 Å². The van der Waals surface area contributed by atoms with Crippen LogP contribution in [0.4, 0.5) is 0 Å². The van der Waals surface area contributed by atoms with Gasteiger partial charge in [-0.2, -0.15) is 0 Å². The molecule has 4 nitrogen and oxygen atoms in total. The molecule has 1 fully saturated rings. The highest BCUT2D eigenvalue weighted by atomic mass is 35.5. The Morgan fingerprint density at radius 1 is 1.29 bits per heavy atom. The maximum Gasteiger partial charge on any atom is 0.239 e. The summed E-state index contributed by atoms with van der Waals surface area (Å²) in [7, 11) is 0. The van der Waals surface area contributed by atoms with E-state index in [1.807, 2.05) is 17.0 Å². The molecule has 1 aliphatic heterocycles. The van der Waals surface area contributed by atoms with Gasteiger partial charge in [-0.05, 0) is 18.6 Å². The molecule has 1 amide bonds. The number of nitrogens with zero attached hydrogens (tertiary/aromatic N) is 2. The third-order valence-corrected chi connectivity index (χ3v) is 4.36. The highest BCUT2D eigenvalue weighted by Gasteiger charge is 2.23. The molecule has 0 saturated carbocycles. The van der Waals surface area contributed by atoms with Gasteiger partial charge < -0.3 is 10.6 Å². The number of halogens is 3. The Labute approximate surface area is 141 Å². The van der Waals surface area contributed by atoms with Crippen LogP contribution in [0, 0.1) is 0 Å². The van der Waals surface area contributed by atoms with Gasteiger partial charge in [-0.3, -0.25) is 9.69 Å². The maximum atomic E-state index is 11.8. The molecule has 0 aromatic heterocycles. The average molecular weight is 353 g/mol. The van der Waals surface area contributed by atoms with Gasteiger partial charge in [0, 0.05) is 32.7 Å². The van der Waals surface area contributed by atoms with E-state index in [0.717, 1.165) is 25.2 Å². The summed E-state index contributed by atoms with van der Waals surface area (Å²) in [6.45, 7) is 5.53. The number of rotatable bonds is 3. The van der Waals surface area contributed by atoms with Crippen molar-refractivity contribution >= 4 is 41.5 Å². The summed E-state index contributed by atoms with van der Waals surface area (Å²) in [5.41, 5.74) is 6.64. The molecule has 1 atom stereocenters. The van der Waals surface area contributed by atoms with Crippen molar-refractivity contribution in [2.75, 3.05) is 26.2 Å². The zero-order valence-corrected chi connectivity index (χ0v) is 14.2. The first-order chi connectivity index (χ1) is 9.49. The van der Waals surface area contributed by atoms with Gasteiger partial charge in [0.1, 0.15) is 0 Å². The fourth-order valence-electron chi connectivity index (χ4n) is 2.33. The summed E-state index contributed by atoms with van der Waals surface area (Å²) in [5, 5.41) is 1.19. The highest BCUT2D eigenvalue weighted by Crippen LogP contribution is 2.26. The molecule has 1 aromatic rings. The maximum absolute atomic E-state index is 11.8. The van der Waals surface area contributed by atoms with Crippen molar-refractivity contribution in [3.8, 4) is 0 Å². The second-order valence-electron chi connectivity index (χ2n) is 5.10. The zero-order valence-electron chi connectivity index (χ0n) is 11.9. The average Bonchev–Trinajstić information content (AvgIpc) is 2.44. The summed E-state index contributed by atoms with van der Waals surface area (Å²) in [4.78, 5) is 15.9. The molecule has 1 aromatic carbocycles. The van der Waals surface area contributed by atoms with Crippen LogP contribution in [-0.2, 0) is 11.3 Å². The lowest BCUT2D eigenvalue weighted by Crippen LogP contribution is -2.52. The second kappa shape index (κ2) is 8.20. The van der Waals surface area contributed by atoms with Crippen molar-refractivity contribution < 1.29 is 4.79 Å². The standard InChI is InChI=1S/C14H19Cl2N3O.ClH/c1-10(17)14(20)19-7-5-18(6-8-19)9-11-3-2-4-12(15)13(11)16;/h2-4,10H,5-9,17H2,1H3;1H. The quantitative estimate of drug-likeness (QED) is 0.909. The summed E-state index contributed by atoms with van der Waals surface area (Å²) in [6, 6.07) is 5.24. The van der Waals surface area contributed by atoms with Gasteiger partial charge in [0.05, 0.1) is 16.1 Å². The molecule has 1 heterocycles. The van der Waals surface area contributed by atoms with Crippen LogP contribution in [-0.4, -0.2) is 47.9 Å². The van der Waals surface area contributed by atoms with Crippen LogP contribution in [0.1, 0.15) is 12.5 Å². The third-order valence-electron chi connectivity index (χ3n) is 3.50. The Balaban J connectivity index is 0.00000220. The molecule has 0 aliphatic carbocycles. The van der Waals surface area contributed by atoms with Crippen molar-refractivity contribution in [2.24, 2.45) is 5.73 Å². The van der Waals surface area contributed by atoms with Gasteiger partial charge in [-0.1, -0.05) is 35.3 Å². The monoisotopic (exact) mass is 351 g/mol. The van der Waals surface area contributed by atoms with E-state index in [1.54, 1.807) is 13.0 Å². The summed E-state index contributed by atoms with van der Waals surface area (Å²) in [6.07, 6.45) is 0. The number of carbonyl (C=O) groups excluding carboxylic acids is 1. The molecule has 7 heteroatoms. The number of benzene rings is 1. The van der Waals surface area contributed by atoms with E-state index in [0.29, 0.717) is 23.1 Å². The Hall–Kier alpha value is -0.520. The predicted molar refractivity (Wildman–Crippen MR) is 89.2 cm³/mol. The molecule has 21 heavy (non-hydrogen) atoms. The van der Waals surface area contributed by atoms with E-state index in [9.17, 15) is 4.79 Å². The van der Waals surface area contributed by atoms with Crippen molar-refractivity contribution in [3.63, 3.8) is 0 Å². The summed E-state index contributed by atoms with van der Waals surface area (Å²) in [5.74, 6) is 0.0189. The molecule has 2 rings (SSSR count). The zero-order chi connectivity index (χ0) is 14.7. The number of nitrogens with two attached hydrogens (primary N) is 1. The number of amides is 1. The highest BCUT2D eigenvalue weighted by molar-refractivity contribution is 6.42. The van der Waals surface area contributed by atoms with Gasteiger partial charge in [-0.15, -0.1) is 12.4 Å². The van der Waals surface area contributed by atoms with Crippen LogP contribution in [0.15, 0.2) is 18.2 Å². The van der Waals surface area contributed by atoms with Crippen LogP contribution >= 0.6 is 35.6 Å². The molecule has 1 aliphatic rings. The molecule has 118 valence electrons. The molecule has 1 saturated heterocycles. The fraction of sp³-hybridized carbons (Fsp3) is 0.500. The van der Waals surface area contributed by atoms with Crippen molar-refractivity contribution in [1.82, 2.24) is 9.80 Å². The van der Waals surface area contributed by atoms with Crippen LogP contribution in [0.25, 0.3) is 0 Å². The minimum Gasteiger partial charge on any atom is -0.339 e. The lowest BCUT2D eigenvalue weighted by molar-refractivity contribution is -0.134. The topological polar surface area (TPSA) is 49.6 Å². The van der Waals surface area contributed by atoms with E-state index in [2.05, 4.69) is 4.90 Å². The Morgan fingerprint density at radius 3 is 2.48 bits per heavy atom. The van der Waals surface area contributed by atoms with Gasteiger partial charge >= 0.3 is 0 Å². The molecular weight excluding hydrogens is 333 g/mol. The third kappa shape index (κ3) is 4.73. The lowest BCUT2D eigenvalue weighted by Gasteiger charge is -2.35. The Kier molecular flexibility index (Phi) is 7.24. The number of piperazine rings is 1. The van der Waals surface area contributed by atoms with E-state index >= 15 is 0 Å². The van der Waals surface area contributed by atoms with Crippen molar-refractivity contribution in [3.05, 3.63) is 33.8 Å². The van der Waals surface area contributed by atoms with Crippen molar-refractivity contribution in [1.29, 1.82) is 0 Å². The lowest BCUT2D eigenvalue weighted by atomic mass is 10.2. The first kappa shape index (κ1) is 18.5. The number of hydrogen-bond donors (Lipinski definition) is 1. The van der Waals surface area contributed by atoms with Crippen LogP contribution < -0.4 is 5.73 Å². The predicted octanol–water partition coefficient (Wildman–Crippen LogP) is 2.41. The first-order valence-electron chi connectivity index (χ1n) is 6.68. The smallest absolute Gasteiger partial charge is 0.239 e. The normalized spacial score (nSPS) is 17.2. The fourth-order valence-corrected chi connectivity index (χ4v) is 2.71. The van der Waals surface area contributed by atoms with Crippen molar-refractivity contribution in [2.45, 2.75) is 19.5 Å². The SMILES string of the molecule is CC(N)C(=O)N1CCN(Cc2cccc(Cl)c2Cl)CC1.Cl. The summed E-state index contributed by atoms with van der Waals surface area (Å²) >= 11 is 12.2. The molecule has 1 unspecified atom stereocenters. The van der Waals surface area contributed by atoms with Gasteiger partial charge in [0.2, 0.25) is 5.91 Å². The van der Waals surface area contributed by atoms with E-state index in [1.165, 1.54) is 0 Å². The second-order valence-corrected chi connectivity index (χ2v) is 5.89. The minimum atomic E-state index is -0.427. The summed E-state index contributed by atoms with van der Waals surface area (Å²) < 4.78 is 0. The Morgan fingerprint density at radius 2 is 1.90 bits per heavy atom. The van der Waals surface area contributed by atoms with E-state index in [-0.39, 0.29) is 18.3 Å². The van der Waals surface area contributed by atoms with Crippen LogP contribution in [0.5, 0.6) is 0 Å². The first-order valence-corrected chi connectivity index (χ1v) is 7.44. The Bertz CT molecular complexity index is 488. The van der Waals surface area contributed by atoms with E-state index in [4.69, 9.17) is 28.9 Å². The van der Waals surface area contributed by atoms with Gasteiger partial charge in [-0.25, -0.2) is 0 Å². The van der Waals surface area contributed by atoms with Gasteiger partial charge in [0.25, 0.3) is 0 Å². The molecule has 0 spiro atoms. The number of hydrogen-bond acceptors (Lipinski definition) is 3.